The summed E-state index contributed by atoms with van der Waals surface area (Å²) >= 11 is 0. The van der Waals surface area contributed by atoms with E-state index in [1.54, 1.807) is 7.05 Å². The van der Waals surface area contributed by atoms with Gasteiger partial charge in [0.15, 0.2) is 0 Å². The quantitative estimate of drug-likeness (QED) is 0.489. The molecule has 0 saturated carbocycles. The van der Waals surface area contributed by atoms with E-state index in [2.05, 4.69) is 29.4 Å². The summed E-state index contributed by atoms with van der Waals surface area (Å²) in [5, 5.41) is 11.5. The number of amides is 2. The molecule has 1 heterocycles. The number of para-hydroxylation sites is 2. The first-order valence-electron chi connectivity index (χ1n) is 11.3. The Morgan fingerprint density at radius 2 is 1.85 bits per heavy atom. The number of fused-ring (bicyclic) bond motifs is 1. The largest absolute Gasteiger partial charge is 0.489 e. The minimum absolute atomic E-state index is 0.0544. The zero-order valence-corrected chi connectivity index (χ0v) is 19.7. The van der Waals surface area contributed by atoms with Crippen LogP contribution in [-0.2, 0) is 16.0 Å². The predicted octanol–water partition coefficient (Wildman–Crippen LogP) is 4.02. The lowest BCUT2D eigenvalue weighted by atomic mass is 10.0. The van der Waals surface area contributed by atoms with Crippen LogP contribution in [0.15, 0.2) is 64.8 Å². The second-order valence-corrected chi connectivity index (χ2v) is 8.46. The lowest BCUT2D eigenvalue weighted by Crippen LogP contribution is -2.51. The molecule has 1 aliphatic heterocycles. The van der Waals surface area contributed by atoms with Crippen molar-refractivity contribution in [3.8, 4) is 5.75 Å². The third-order valence-electron chi connectivity index (χ3n) is 5.71. The number of hydrogen-bond donors (Lipinski definition) is 1. The van der Waals surface area contributed by atoms with E-state index < -0.39 is 11.9 Å². The van der Waals surface area contributed by atoms with Gasteiger partial charge in [-0.1, -0.05) is 62.7 Å². The molecule has 2 unspecified atom stereocenters. The minimum Gasteiger partial charge on any atom is -0.489 e. The van der Waals surface area contributed by atoms with Crippen molar-refractivity contribution < 1.29 is 14.3 Å². The summed E-state index contributed by atoms with van der Waals surface area (Å²) in [6, 6.07) is 16.5. The number of nitrogens with zero attached hydrogens (tertiary/aromatic N) is 3. The standard InChI is InChI=1S/C26H32N4O3/c1-5-18(2)15-21(29-28-19(3)16-20-11-7-6-8-12-20)25(31)27-22-17-33-24-14-10-9-13-23(24)30(4)26(22)32/h6-14,18,22H,5,15-17H2,1-4H3,(H,27,31). The molecule has 33 heavy (non-hydrogen) atoms. The molecule has 174 valence electrons. The number of ether oxygens (including phenoxy) is 1. The first kappa shape index (κ1) is 24.2. The van der Waals surface area contributed by atoms with Crippen molar-refractivity contribution >= 4 is 28.9 Å². The normalized spacial score (nSPS) is 17.6. The first-order valence-corrected chi connectivity index (χ1v) is 11.3. The number of anilines is 1. The Labute approximate surface area is 195 Å². The molecular weight excluding hydrogens is 416 g/mol. The SMILES string of the molecule is CCC(C)CC(=NN=C(C)Cc1ccccc1)C(=O)NC1COc2ccccc2N(C)C1=O. The maximum atomic E-state index is 13.1. The Balaban J connectivity index is 1.75. The van der Waals surface area contributed by atoms with Crippen molar-refractivity contribution in [2.24, 2.45) is 16.1 Å². The molecule has 2 aromatic rings. The van der Waals surface area contributed by atoms with Gasteiger partial charge in [0, 0.05) is 19.2 Å². The van der Waals surface area contributed by atoms with Gasteiger partial charge in [-0.25, -0.2) is 0 Å². The second kappa shape index (κ2) is 11.4. The van der Waals surface area contributed by atoms with Gasteiger partial charge in [-0.15, -0.1) is 5.10 Å². The summed E-state index contributed by atoms with van der Waals surface area (Å²) < 4.78 is 5.80. The molecular formula is C26H32N4O3. The van der Waals surface area contributed by atoms with Gasteiger partial charge < -0.3 is 15.0 Å². The van der Waals surface area contributed by atoms with Gasteiger partial charge in [0.25, 0.3) is 11.8 Å². The zero-order valence-electron chi connectivity index (χ0n) is 19.7. The maximum absolute atomic E-state index is 13.1. The van der Waals surface area contributed by atoms with Crippen LogP contribution in [0, 0.1) is 5.92 Å². The van der Waals surface area contributed by atoms with Crippen LogP contribution in [0.3, 0.4) is 0 Å². The van der Waals surface area contributed by atoms with Crippen molar-refractivity contribution in [2.75, 3.05) is 18.6 Å². The average Bonchev–Trinajstić information content (AvgIpc) is 2.94. The fourth-order valence-corrected chi connectivity index (χ4v) is 3.52. The molecule has 7 heteroatoms. The highest BCUT2D eigenvalue weighted by Crippen LogP contribution is 2.29. The zero-order chi connectivity index (χ0) is 23.8. The van der Waals surface area contributed by atoms with Crippen molar-refractivity contribution in [3.63, 3.8) is 0 Å². The number of likely N-dealkylation sites (N-methyl/N-ethyl adjacent to an activating group) is 1. The van der Waals surface area contributed by atoms with Crippen molar-refractivity contribution in [2.45, 2.75) is 46.1 Å². The van der Waals surface area contributed by atoms with E-state index in [0.717, 1.165) is 17.7 Å². The molecule has 0 spiro atoms. The molecule has 0 radical (unpaired) electrons. The van der Waals surface area contributed by atoms with Crippen molar-refractivity contribution in [3.05, 3.63) is 60.2 Å². The van der Waals surface area contributed by atoms with Crippen LogP contribution < -0.4 is 15.0 Å². The third-order valence-corrected chi connectivity index (χ3v) is 5.71. The lowest BCUT2D eigenvalue weighted by molar-refractivity contribution is -0.124. The number of rotatable bonds is 8. The fraction of sp³-hybridized carbons (Fsp3) is 0.385. The van der Waals surface area contributed by atoms with E-state index in [9.17, 15) is 9.59 Å². The van der Waals surface area contributed by atoms with Gasteiger partial charge in [-0.2, -0.15) is 5.10 Å². The second-order valence-electron chi connectivity index (χ2n) is 8.46. The summed E-state index contributed by atoms with van der Waals surface area (Å²) in [5.41, 5.74) is 2.92. The Bertz CT molecular complexity index is 1030. The summed E-state index contributed by atoms with van der Waals surface area (Å²) in [6.07, 6.45) is 2.03. The van der Waals surface area contributed by atoms with Crippen LogP contribution in [0.1, 0.15) is 39.2 Å². The van der Waals surface area contributed by atoms with E-state index in [1.807, 2.05) is 61.5 Å². The third kappa shape index (κ3) is 6.51. The molecule has 3 rings (SSSR count). The number of nitrogens with one attached hydrogen (secondary N) is 1. The fourth-order valence-electron chi connectivity index (χ4n) is 3.52. The molecule has 2 amide bonds. The summed E-state index contributed by atoms with van der Waals surface area (Å²) in [7, 11) is 1.68. The Morgan fingerprint density at radius 1 is 1.15 bits per heavy atom. The molecule has 0 aliphatic carbocycles. The van der Waals surface area contributed by atoms with Gasteiger partial charge in [0.05, 0.1) is 5.69 Å². The van der Waals surface area contributed by atoms with Gasteiger partial charge in [0.2, 0.25) is 0 Å². The minimum atomic E-state index is -0.813. The highest BCUT2D eigenvalue weighted by atomic mass is 16.5. The van der Waals surface area contributed by atoms with Crippen LogP contribution in [0.2, 0.25) is 0 Å². The first-order chi connectivity index (χ1) is 15.9. The number of carbonyl (C=O) groups excluding carboxylic acids is 2. The maximum Gasteiger partial charge on any atom is 0.268 e. The van der Waals surface area contributed by atoms with Crippen LogP contribution >= 0.6 is 0 Å². The molecule has 0 aromatic heterocycles. The summed E-state index contributed by atoms with van der Waals surface area (Å²) in [5.74, 6) is 0.236. The molecule has 0 bridgehead atoms. The number of hydrogen-bond acceptors (Lipinski definition) is 5. The molecule has 2 atom stereocenters. The average molecular weight is 449 g/mol. The Hall–Kier alpha value is -3.48. The molecule has 0 saturated heterocycles. The number of carbonyl (C=O) groups is 2. The monoisotopic (exact) mass is 448 g/mol. The van der Waals surface area contributed by atoms with E-state index in [0.29, 0.717) is 30.0 Å². The molecule has 1 aliphatic rings. The van der Waals surface area contributed by atoms with Crippen LogP contribution in [-0.4, -0.2) is 42.9 Å². The molecule has 1 N–H and O–H groups in total. The Kier molecular flexibility index (Phi) is 8.35. The number of benzene rings is 2. The smallest absolute Gasteiger partial charge is 0.268 e. The predicted molar refractivity (Wildman–Crippen MR) is 132 cm³/mol. The van der Waals surface area contributed by atoms with E-state index in [1.165, 1.54) is 4.90 Å². The van der Waals surface area contributed by atoms with Gasteiger partial charge in [-0.05, 0) is 37.0 Å². The summed E-state index contributed by atoms with van der Waals surface area (Å²) in [4.78, 5) is 27.6. The van der Waals surface area contributed by atoms with E-state index in [4.69, 9.17) is 4.74 Å². The van der Waals surface area contributed by atoms with Crippen LogP contribution in [0.25, 0.3) is 0 Å². The molecule has 7 nitrogen and oxygen atoms in total. The van der Waals surface area contributed by atoms with E-state index in [-0.39, 0.29) is 18.4 Å². The lowest BCUT2D eigenvalue weighted by Gasteiger charge is -2.21. The highest BCUT2D eigenvalue weighted by Gasteiger charge is 2.31. The van der Waals surface area contributed by atoms with E-state index >= 15 is 0 Å². The summed E-state index contributed by atoms with van der Waals surface area (Å²) in [6.45, 7) is 6.08. The highest BCUT2D eigenvalue weighted by molar-refractivity contribution is 6.39. The van der Waals surface area contributed by atoms with Crippen molar-refractivity contribution in [1.29, 1.82) is 0 Å². The van der Waals surface area contributed by atoms with Gasteiger partial charge in [0.1, 0.15) is 24.1 Å². The Morgan fingerprint density at radius 3 is 2.58 bits per heavy atom. The van der Waals surface area contributed by atoms with Crippen molar-refractivity contribution in [1.82, 2.24) is 5.32 Å². The topological polar surface area (TPSA) is 83.4 Å². The van der Waals surface area contributed by atoms with Gasteiger partial charge in [-0.3, -0.25) is 9.59 Å². The van der Waals surface area contributed by atoms with Crippen LogP contribution in [0.4, 0.5) is 5.69 Å². The molecule has 2 aromatic carbocycles. The molecule has 0 fully saturated rings. The van der Waals surface area contributed by atoms with Crippen LogP contribution in [0.5, 0.6) is 5.75 Å². The van der Waals surface area contributed by atoms with Gasteiger partial charge >= 0.3 is 0 Å².